The van der Waals surface area contributed by atoms with Crippen molar-refractivity contribution in [1.82, 2.24) is 0 Å². The van der Waals surface area contributed by atoms with Crippen molar-refractivity contribution in [2.75, 3.05) is 11.9 Å². The number of aryl methyl sites for hydroxylation is 1. The van der Waals surface area contributed by atoms with Crippen LogP contribution < -0.4 is 10.1 Å². The molecular weight excluding hydrogens is 324 g/mol. The van der Waals surface area contributed by atoms with Crippen LogP contribution in [0.1, 0.15) is 29.3 Å². The van der Waals surface area contributed by atoms with Crippen molar-refractivity contribution in [3.63, 3.8) is 0 Å². The van der Waals surface area contributed by atoms with Crippen LogP contribution in [0.4, 0.5) is 11.4 Å². The lowest BCUT2D eigenvalue weighted by atomic mass is 10.1. The Balaban J connectivity index is 1.96. The summed E-state index contributed by atoms with van der Waals surface area (Å²) in [6.45, 7) is 3.28. The molecule has 1 amide bonds. The van der Waals surface area contributed by atoms with Gasteiger partial charge in [-0.2, -0.15) is 0 Å². The van der Waals surface area contributed by atoms with Gasteiger partial charge >= 0.3 is 0 Å². The number of anilines is 1. The van der Waals surface area contributed by atoms with E-state index in [2.05, 4.69) is 5.32 Å². The average molecular weight is 342 g/mol. The zero-order chi connectivity index (χ0) is 18.4. The number of nitrogens with one attached hydrogen (secondary N) is 1. The zero-order valence-corrected chi connectivity index (χ0v) is 13.9. The second-order valence-electron chi connectivity index (χ2n) is 5.39. The molecule has 1 N–H and O–H groups in total. The monoisotopic (exact) mass is 342 g/mol. The highest BCUT2D eigenvalue weighted by Gasteiger charge is 2.11. The van der Waals surface area contributed by atoms with E-state index in [1.165, 1.54) is 12.1 Å². The Kier molecular flexibility index (Phi) is 5.84. The lowest BCUT2D eigenvalue weighted by molar-refractivity contribution is -0.384. The maximum atomic E-state index is 12.0. The number of non-ortho nitro benzene ring substituents is 1. The molecule has 0 saturated carbocycles. The summed E-state index contributed by atoms with van der Waals surface area (Å²) in [7, 11) is 0. The van der Waals surface area contributed by atoms with Gasteiger partial charge in [-0.05, 0) is 36.8 Å². The van der Waals surface area contributed by atoms with Crippen LogP contribution in [0.5, 0.6) is 5.75 Å². The number of nitro groups is 1. The molecule has 0 aliphatic rings. The number of carbonyl (C=O) groups excluding carboxylic acids is 2. The number of ether oxygens (including phenoxy) is 1. The fourth-order valence-electron chi connectivity index (χ4n) is 2.13. The molecule has 0 aliphatic carbocycles. The highest BCUT2D eigenvalue weighted by Crippen LogP contribution is 2.22. The molecule has 2 rings (SSSR count). The number of nitrogens with zero attached hydrogens (tertiary/aromatic N) is 1. The third kappa shape index (κ3) is 4.87. The summed E-state index contributed by atoms with van der Waals surface area (Å²) in [5.74, 6) is 0.0568. The first-order chi connectivity index (χ1) is 11.9. The van der Waals surface area contributed by atoms with Crippen molar-refractivity contribution in [3.05, 3.63) is 63.7 Å². The van der Waals surface area contributed by atoms with Crippen LogP contribution >= 0.6 is 0 Å². The van der Waals surface area contributed by atoms with Gasteiger partial charge in [0, 0.05) is 24.1 Å². The summed E-state index contributed by atoms with van der Waals surface area (Å²) < 4.78 is 5.37. The van der Waals surface area contributed by atoms with Crippen LogP contribution in [0.25, 0.3) is 0 Å². The molecule has 0 spiro atoms. The first-order valence-electron chi connectivity index (χ1n) is 7.71. The molecule has 0 unspecified atom stereocenters. The molecule has 0 atom stereocenters. The van der Waals surface area contributed by atoms with Crippen molar-refractivity contribution in [2.24, 2.45) is 0 Å². The van der Waals surface area contributed by atoms with Crippen molar-refractivity contribution in [1.29, 1.82) is 0 Å². The SMILES string of the molecule is CCC(=O)c1ccc(OCC(=O)Nc2cc([N+](=O)[O-])ccc2C)cc1. The van der Waals surface area contributed by atoms with Crippen molar-refractivity contribution < 1.29 is 19.2 Å². The van der Waals surface area contributed by atoms with E-state index in [0.29, 0.717) is 29.0 Å². The Hall–Kier alpha value is -3.22. The van der Waals surface area contributed by atoms with Gasteiger partial charge in [0.1, 0.15) is 5.75 Å². The van der Waals surface area contributed by atoms with Crippen LogP contribution in [0.15, 0.2) is 42.5 Å². The maximum absolute atomic E-state index is 12.0. The van der Waals surface area contributed by atoms with Crippen LogP contribution in [-0.2, 0) is 4.79 Å². The molecule has 7 nitrogen and oxygen atoms in total. The summed E-state index contributed by atoms with van der Waals surface area (Å²) >= 11 is 0. The van der Waals surface area contributed by atoms with Gasteiger partial charge in [-0.15, -0.1) is 0 Å². The van der Waals surface area contributed by atoms with Crippen molar-refractivity contribution >= 4 is 23.1 Å². The van der Waals surface area contributed by atoms with E-state index >= 15 is 0 Å². The molecule has 0 fully saturated rings. The van der Waals surface area contributed by atoms with E-state index in [4.69, 9.17) is 4.74 Å². The topological polar surface area (TPSA) is 98.5 Å². The molecule has 25 heavy (non-hydrogen) atoms. The van der Waals surface area contributed by atoms with Crippen LogP contribution in [0.2, 0.25) is 0 Å². The van der Waals surface area contributed by atoms with Crippen LogP contribution in [0.3, 0.4) is 0 Å². The van der Waals surface area contributed by atoms with Gasteiger partial charge in [0.2, 0.25) is 0 Å². The second-order valence-corrected chi connectivity index (χ2v) is 5.39. The Labute approximate surface area is 144 Å². The second kappa shape index (κ2) is 8.05. The van der Waals surface area contributed by atoms with Gasteiger partial charge < -0.3 is 10.1 Å². The molecule has 130 valence electrons. The van der Waals surface area contributed by atoms with Crippen LogP contribution in [0, 0.1) is 17.0 Å². The highest BCUT2D eigenvalue weighted by atomic mass is 16.6. The number of amides is 1. The molecule has 2 aromatic rings. The summed E-state index contributed by atoms with van der Waals surface area (Å²) in [4.78, 5) is 33.8. The van der Waals surface area contributed by atoms with Gasteiger partial charge in [-0.3, -0.25) is 19.7 Å². The molecule has 0 radical (unpaired) electrons. The number of benzene rings is 2. The van der Waals surface area contributed by atoms with Gasteiger partial charge in [0.25, 0.3) is 11.6 Å². The molecule has 0 aliphatic heterocycles. The molecule has 2 aromatic carbocycles. The minimum absolute atomic E-state index is 0.0328. The standard InChI is InChI=1S/C18H18N2O5/c1-3-17(21)13-5-8-15(9-6-13)25-11-18(22)19-16-10-14(20(23)24)7-4-12(16)2/h4-10H,3,11H2,1-2H3,(H,19,22). The number of hydrogen-bond acceptors (Lipinski definition) is 5. The Morgan fingerprint density at radius 2 is 1.84 bits per heavy atom. The van der Waals surface area contributed by atoms with E-state index in [1.54, 1.807) is 44.2 Å². The number of hydrogen-bond donors (Lipinski definition) is 1. The third-order valence-corrected chi connectivity index (χ3v) is 3.57. The largest absolute Gasteiger partial charge is 0.484 e. The minimum atomic E-state index is -0.523. The van der Waals surface area contributed by atoms with Gasteiger partial charge in [-0.1, -0.05) is 13.0 Å². The average Bonchev–Trinajstić information content (AvgIpc) is 2.61. The predicted octanol–water partition coefficient (Wildman–Crippen LogP) is 3.51. The highest BCUT2D eigenvalue weighted by molar-refractivity contribution is 5.96. The summed E-state index contributed by atoms with van der Waals surface area (Å²) in [5, 5.41) is 13.4. The van der Waals surface area contributed by atoms with Gasteiger partial charge in [0.05, 0.1) is 10.6 Å². The minimum Gasteiger partial charge on any atom is -0.484 e. The quantitative estimate of drug-likeness (QED) is 0.471. The summed E-state index contributed by atoms with van der Waals surface area (Å²) in [6, 6.07) is 10.8. The van der Waals surface area contributed by atoms with Crippen LogP contribution in [-0.4, -0.2) is 23.2 Å². The number of ketones is 1. The van der Waals surface area contributed by atoms with E-state index < -0.39 is 10.8 Å². The Morgan fingerprint density at radius 1 is 1.16 bits per heavy atom. The van der Waals surface area contributed by atoms with E-state index in [9.17, 15) is 19.7 Å². The van der Waals surface area contributed by atoms with Crippen molar-refractivity contribution in [3.8, 4) is 5.75 Å². The number of rotatable bonds is 7. The molecule has 0 saturated heterocycles. The normalized spacial score (nSPS) is 10.2. The van der Waals surface area contributed by atoms with Gasteiger partial charge in [0.15, 0.2) is 12.4 Å². The van der Waals surface area contributed by atoms with E-state index in [1.807, 2.05) is 0 Å². The predicted molar refractivity (Wildman–Crippen MR) is 93.0 cm³/mol. The molecular formula is C18H18N2O5. The lowest BCUT2D eigenvalue weighted by Gasteiger charge is -2.10. The smallest absolute Gasteiger partial charge is 0.271 e. The number of nitro benzene ring substituents is 1. The Bertz CT molecular complexity index is 800. The van der Waals surface area contributed by atoms with Crippen molar-refractivity contribution in [2.45, 2.75) is 20.3 Å². The number of carbonyl (C=O) groups is 2. The third-order valence-electron chi connectivity index (χ3n) is 3.57. The first kappa shape index (κ1) is 18.1. The lowest BCUT2D eigenvalue weighted by Crippen LogP contribution is -2.20. The fraction of sp³-hybridized carbons (Fsp3) is 0.222. The van der Waals surface area contributed by atoms with E-state index in [-0.39, 0.29) is 18.1 Å². The summed E-state index contributed by atoms with van der Waals surface area (Å²) in [6.07, 6.45) is 0.422. The number of Topliss-reactive ketones (excluding diaryl/α,β-unsaturated/α-hetero) is 1. The molecule has 0 bridgehead atoms. The molecule has 0 heterocycles. The maximum Gasteiger partial charge on any atom is 0.271 e. The molecule has 0 aromatic heterocycles. The zero-order valence-electron chi connectivity index (χ0n) is 13.9. The van der Waals surface area contributed by atoms with Gasteiger partial charge in [-0.25, -0.2) is 0 Å². The summed E-state index contributed by atoms with van der Waals surface area (Å²) in [5.41, 5.74) is 1.57. The molecule has 7 heteroatoms. The fourth-order valence-corrected chi connectivity index (χ4v) is 2.13. The van der Waals surface area contributed by atoms with E-state index in [0.717, 1.165) is 0 Å². The Morgan fingerprint density at radius 3 is 2.44 bits per heavy atom. The first-order valence-corrected chi connectivity index (χ1v) is 7.71.